The van der Waals surface area contributed by atoms with E-state index in [1.54, 1.807) is 24.9 Å². The lowest BCUT2D eigenvalue weighted by Crippen LogP contribution is -2.42. The number of fused-ring (bicyclic) bond motifs is 1. The summed E-state index contributed by atoms with van der Waals surface area (Å²) in [5.41, 5.74) is -0.881. The van der Waals surface area contributed by atoms with Gasteiger partial charge in [0.15, 0.2) is 0 Å². The summed E-state index contributed by atoms with van der Waals surface area (Å²) in [6.07, 6.45) is 1.77. The Labute approximate surface area is 135 Å². The first kappa shape index (κ1) is 16.8. The molecule has 0 radical (unpaired) electrons. The lowest BCUT2D eigenvalue weighted by atomic mass is 10.1. The van der Waals surface area contributed by atoms with Crippen LogP contribution < -0.4 is 0 Å². The van der Waals surface area contributed by atoms with Crippen LogP contribution in [0.5, 0.6) is 0 Å². The smallest absolute Gasteiger partial charge is 0.233 e. The van der Waals surface area contributed by atoms with Gasteiger partial charge >= 0.3 is 0 Å². The van der Waals surface area contributed by atoms with Gasteiger partial charge in [0.05, 0.1) is 11.4 Å². The number of pyridine rings is 1. The van der Waals surface area contributed by atoms with Crippen molar-refractivity contribution in [3.05, 3.63) is 36.5 Å². The van der Waals surface area contributed by atoms with Crippen molar-refractivity contribution < 1.29 is 9.90 Å². The standard InChI is InChI=1S/C17H22N2O2S/c1-4-19(12-17(2,3)21)15(20)11-22-16-14-8-6-5-7-13(14)9-10-18-16/h5-10,21H,4,11-12H2,1-3H3. The highest BCUT2D eigenvalue weighted by molar-refractivity contribution is 8.00. The minimum absolute atomic E-state index is 0.0179. The fraction of sp³-hybridized carbons (Fsp3) is 0.412. The van der Waals surface area contributed by atoms with Crippen LogP contribution in [0.2, 0.25) is 0 Å². The number of hydrogen-bond acceptors (Lipinski definition) is 4. The molecular formula is C17H22N2O2S. The number of thioether (sulfide) groups is 1. The Morgan fingerprint density at radius 2 is 2.05 bits per heavy atom. The van der Waals surface area contributed by atoms with Crippen molar-refractivity contribution in [3.8, 4) is 0 Å². The fourth-order valence-electron chi connectivity index (χ4n) is 2.27. The van der Waals surface area contributed by atoms with Crippen LogP contribution in [0.25, 0.3) is 10.8 Å². The zero-order chi connectivity index (χ0) is 16.2. The molecule has 1 aromatic heterocycles. The van der Waals surface area contributed by atoms with Gasteiger partial charge in [-0.2, -0.15) is 0 Å². The molecule has 1 aromatic carbocycles. The fourth-order valence-corrected chi connectivity index (χ4v) is 3.19. The topological polar surface area (TPSA) is 53.4 Å². The Bertz CT molecular complexity index is 647. The number of benzene rings is 1. The number of amides is 1. The molecule has 0 saturated heterocycles. The second-order valence-electron chi connectivity index (χ2n) is 5.85. The molecule has 0 aliphatic rings. The summed E-state index contributed by atoms with van der Waals surface area (Å²) in [5, 5.41) is 12.9. The molecule has 22 heavy (non-hydrogen) atoms. The number of carbonyl (C=O) groups excluding carboxylic acids is 1. The normalized spacial score (nSPS) is 11.6. The van der Waals surface area contributed by atoms with Crippen LogP contribution >= 0.6 is 11.8 Å². The van der Waals surface area contributed by atoms with Gasteiger partial charge < -0.3 is 10.0 Å². The van der Waals surface area contributed by atoms with E-state index in [2.05, 4.69) is 4.98 Å². The quantitative estimate of drug-likeness (QED) is 0.832. The highest BCUT2D eigenvalue weighted by Gasteiger charge is 2.21. The molecule has 0 aliphatic carbocycles. The molecule has 0 saturated carbocycles. The summed E-state index contributed by atoms with van der Waals surface area (Å²) < 4.78 is 0. The van der Waals surface area contributed by atoms with E-state index >= 15 is 0 Å². The number of aromatic nitrogens is 1. The van der Waals surface area contributed by atoms with E-state index in [9.17, 15) is 9.90 Å². The summed E-state index contributed by atoms with van der Waals surface area (Å²) in [6, 6.07) is 9.99. The Kier molecular flexibility index (Phi) is 5.42. The van der Waals surface area contributed by atoms with Crippen molar-refractivity contribution >= 4 is 28.4 Å². The molecule has 0 spiro atoms. The average molecular weight is 318 g/mol. The minimum Gasteiger partial charge on any atom is -0.389 e. The third-order valence-corrected chi connectivity index (χ3v) is 4.27. The van der Waals surface area contributed by atoms with Crippen LogP contribution in [0.15, 0.2) is 41.6 Å². The molecule has 118 valence electrons. The minimum atomic E-state index is -0.881. The molecule has 0 atom stereocenters. The third-order valence-electron chi connectivity index (χ3n) is 3.28. The van der Waals surface area contributed by atoms with E-state index in [1.165, 1.54) is 11.8 Å². The number of hydrogen-bond donors (Lipinski definition) is 1. The molecular weight excluding hydrogens is 296 g/mol. The SMILES string of the molecule is CCN(CC(C)(C)O)C(=O)CSc1nccc2ccccc12. The van der Waals surface area contributed by atoms with Crippen LogP contribution in [0, 0.1) is 0 Å². The van der Waals surface area contributed by atoms with Crippen LogP contribution in [-0.4, -0.2) is 45.3 Å². The third kappa shape index (κ3) is 4.45. The van der Waals surface area contributed by atoms with E-state index in [1.807, 2.05) is 37.3 Å². The highest BCUT2D eigenvalue weighted by atomic mass is 32.2. The summed E-state index contributed by atoms with van der Waals surface area (Å²) in [6.45, 7) is 6.27. The van der Waals surface area contributed by atoms with E-state index < -0.39 is 5.60 Å². The largest absolute Gasteiger partial charge is 0.389 e. The highest BCUT2D eigenvalue weighted by Crippen LogP contribution is 2.25. The molecule has 1 heterocycles. The molecule has 0 unspecified atom stereocenters. The summed E-state index contributed by atoms with van der Waals surface area (Å²) in [5.74, 6) is 0.342. The molecule has 2 aromatic rings. The lowest BCUT2D eigenvalue weighted by molar-refractivity contribution is -0.131. The van der Waals surface area contributed by atoms with E-state index in [4.69, 9.17) is 0 Å². The van der Waals surface area contributed by atoms with Gasteiger partial charge in [0.2, 0.25) is 5.91 Å². The molecule has 0 fully saturated rings. The number of rotatable bonds is 6. The van der Waals surface area contributed by atoms with Gasteiger partial charge in [-0.1, -0.05) is 36.0 Å². The molecule has 5 heteroatoms. The predicted octanol–water partition coefficient (Wildman–Crippen LogP) is 2.95. The number of carbonyl (C=O) groups is 1. The first-order chi connectivity index (χ1) is 10.4. The monoisotopic (exact) mass is 318 g/mol. The maximum absolute atomic E-state index is 12.3. The first-order valence-corrected chi connectivity index (χ1v) is 8.36. The van der Waals surface area contributed by atoms with Gasteiger partial charge in [0.1, 0.15) is 5.03 Å². The van der Waals surface area contributed by atoms with Crippen LogP contribution in [-0.2, 0) is 4.79 Å². The van der Waals surface area contributed by atoms with Gasteiger partial charge in [-0.3, -0.25) is 4.79 Å². The number of nitrogens with zero attached hydrogens (tertiary/aromatic N) is 2. The van der Waals surface area contributed by atoms with Gasteiger partial charge in [-0.25, -0.2) is 4.98 Å². The molecule has 1 N–H and O–H groups in total. The Morgan fingerprint density at radius 1 is 1.32 bits per heavy atom. The van der Waals surface area contributed by atoms with Crippen LogP contribution in [0.4, 0.5) is 0 Å². The molecule has 4 nitrogen and oxygen atoms in total. The van der Waals surface area contributed by atoms with Crippen LogP contribution in [0.3, 0.4) is 0 Å². The van der Waals surface area contributed by atoms with Gasteiger partial charge in [-0.15, -0.1) is 0 Å². The summed E-state index contributed by atoms with van der Waals surface area (Å²) in [4.78, 5) is 18.4. The zero-order valence-electron chi connectivity index (χ0n) is 13.2. The first-order valence-electron chi connectivity index (χ1n) is 7.37. The average Bonchev–Trinajstić information content (AvgIpc) is 2.49. The lowest BCUT2D eigenvalue weighted by Gasteiger charge is -2.28. The number of aliphatic hydroxyl groups is 1. The zero-order valence-corrected chi connectivity index (χ0v) is 14.1. The molecule has 2 rings (SSSR count). The maximum atomic E-state index is 12.3. The number of likely N-dealkylation sites (N-methyl/N-ethyl adjacent to an activating group) is 1. The Balaban J connectivity index is 2.06. The molecule has 0 aliphatic heterocycles. The summed E-state index contributed by atoms with van der Waals surface area (Å²) >= 11 is 1.44. The molecule has 1 amide bonds. The van der Waals surface area contributed by atoms with Crippen molar-refractivity contribution in [2.75, 3.05) is 18.8 Å². The van der Waals surface area contributed by atoms with Crippen molar-refractivity contribution in [1.29, 1.82) is 0 Å². The van der Waals surface area contributed by atoms with Crippen molar-refractivity contribution in [2.24, 2.45) is 0 Å². The van der Waals surface area contributed by atoms with E-state index in [0.29, 0.717) is 18.8 Å². The summed E-state index contributed by atoms with van der Waals surface area (Å²) in [7, 11) is 0. The second-order valence-corrected chi connectivity index (χ2v) is 6.81. The maximum Gasteiger partial charge on any atom is 0.233 e. The van der Waals surface area contributed by atoms with Gasteiger partial charge in [0.25, 0.3) is 0 Å². The predicted molar refractivity (Wildman–Crippen MR) is 91.0 cm³/mol. The Hall–Kier alpha value is -1.59. The molecule has 0 bridgehead atoms. The van der Waals surface area contributed by atoms with Crippen LogP contribution in [0.1, 0.15) is 20.8 Å². The Morgan fingerprint density at radius 3 is 2.73 bits per heavy atom. The van der Waals surface area contributed by atoms with Crippen molar-refractivity contribution in [1.82, 2.24) is 9.88 Å². The second kappa shape index (κ2) is 7.11. The van der Waals surface area contributed by atoms with E-state index in [-0.39, 0.29) is 5.91 Å². The van der Waals surface area contributed by atoms with E-state index in [0.717, 1.165) is 15.8 Å². The van der Waals surface area contributed by atoms with Crippen molar-refractivity contribution in [2.45, 2.75) is 31.4 Å². The van der Waals surface area contributed by atoms with Gasteiger partial charge in [0, 0.05) is 24.7 Å². The van der Waals surface area contributed by atoms with Gasteiger partial charge in [-0.05, 0) is 32.2 Å². The van der Waals surface area contributed by atoms with Crippen molar-refractivity contribution in [3.63, 3.8) is 0 Å².